The van der Waals surface area contributed by atoms with Crippen LogP contribution in [0.3, 0.4) is 0 Å². The number of carboxylic acid groups (broad SMARTS) is 1. The van der Waals surface area contributed by atoms with Gasteiger partial charge >= 0.3 is 5.97 Å². The summed E-state index contributed by atoms with van der Waals surface area (Å²) in [7, 11) is 0. The first-order valence-electron chi connectivity index (χ1n) is 8.34. The minimum atomic E-state index is -1.13. The van der Waals surface area contributed by atoms with E-state index in [0.29, 0.717) is 11.3 Å². The van der Waals surface area contributed by atoms with Crippen molar-refractivity contribution in [2.75, 3.05) is 5.75 Å². The number of fused-ring (bicyclic) bond motifs is 1. The smallest absolute Gasteiger partial charge is 0.352 e. The van der Waals surface area contributed by atoms with Crippen molar-refractivity contribution >= 4 is 46.5 Å². The Kier molecular flexibility index (Phi) is 4.75. The van der Waals surface area contributed by atoms with Gasteiger partial charge in [-0.2, -0.15) is 0 Å². The quantitative estimate of drug-likeness (QED) is 0.752. The van der Waals surface area contributed by atoms with Crippen molar-refractivity contribution in [1.29, 1.82) is 0 Å². The predicted molar refractivity (Wildman–Crippen MR) is 104 cm³/mol. The molecule has 2 aromatic rings. The second-order valence-corrected chi connectivity index (χ2v) is 8.35. The molecule has 0 bridgehead atoms. The highest BCUT2D eigenvalue weighted by Gasteiger charge is 2.54. The number of thiophene rings is 1. The summed E-state index contributed by atoms with van der Waals surface area (Å²) in [4.78, 5) is 38.9. The number of benzene rings is 1. The SMILES string of the molecule is O=C(Cc1cccs1)N[C@@H]1C(=O)N2C(C(=O)O)=C(c3ccccc3)CS[C@H]12. The Labute approximate surface area is 163 Å². The van der Waals surface area contributed by atoms with Crippen molar-refractivity contribution < 1.29 is 19.5 Å². The summed E-state index contributed by atoms with van der Waals surface area (Å²) in [5, 5.41) is 14.0. The second kappa shape index (κ2) is 7.21. The van der Waals surface area contributed by atoms with Crippen LogP contribution in [0, 0.1) is 0 Å². The summed E-state index contributed by atoms with van der Waals surface area (Å²) in [5.74, 6) is -1.27. The van der Waals surface area contributed by atoms with Crippen molar-refractivity contribution in [3.8, 4) is 0 Å². The fourth-order valence-electron chi connectivity index (χ4n) is 3.28. The van der Waals surface area contributed by atoms with E-state index < -0.39 is 12.0 Å². The number of carbonyl (C=O) groups excluding carboxylic acids is 2. The fourth-order valence-corrected chi connectivity index (χ4v) is 5.35. The Balaban J connectivity index is 1.54. The first-order valence-corrected chi connectivity index (χ1v) is 10.3. The molecule has 3 heterocycles. The Morgan fingerprint density at radius 1 is 1.19 bits per heavy atom. The molecule has 1 aromatic heterocycles. The van der Waals surface area contributed by atoms with Crippen molar-refractivity contribution in [3.05, 3.63) is 64.0 Å². The Hall–Kier alpha value is -2.58. The van der Waals surface area contributed by atoms with Crippen LogP contribution in [-0.4, -0.2) is 45.0 Å². The minimum Gasteiger partial charge on any atom is -0.477 e. The summed E-state index contributed by atoms with van der Waals surface area (Å²) in [5.41, 5.74) is 1.43. The average Bonchev–Trinajstić information content (AvgIpc) is 3.18. The molecule has 1 saturated heterocycles. The number of hydrogen-bond acceptors (Lipinski definition) is 5. The molecule has 0 radical (unpaired) electrons. The number of β-lactam (4-membered cyclic amide) rings is 1. The molecule has 2 atom stereocenters. The Morgan fingerprint density at radius 3 is 2.63 bits per heavy atom. The zero-order chi connectivity index (χ0) is 19.0. The summed E-state index contributed by atoms with van der Waals surface area (Å²) in [6, 6.07) is 12.3. The number of carbonyl (C=O) groups is 3. The molecule has 2 aliphatic rings. The van der Waals surface area contributed by atoms with Crippen LogP contribution in [-0.2, 0) is 20.8 Å². The van der Waals surface area contributed by atoms with E-state index in [-0.39, 0.29) is 29.3 Å². The van der Waals surface area contributed by atoms with Crippen molar-refractivity contribution in [2.45, 2.75) is 17.8 Å². The summed E-state index contributed by atoms with van der Waals surface area (Å²) in [6.07, 6.45) is 0.218. The predicted octanol–water partition coefficient (Wildman–Crippen LogP) is 2.19. The minimum absolute atomic E-state index is 0.0127. The third-order valence-electron chi connectivity index (χ3n) is 4.52. The summed E-state index contributed by atoms with van der Waals surface area (Å²) >= 11 is 2.95. The van der Waals surface area contributed by atoms with Gasteiger partial charge in [0.1, 0.15) is 17.1 Å². The standard InChI is InChI=1S/C19H16N2O4S2/c22-14(9-12-7-4-8-26-12)20-15-17(23)21-16(19(24)25)13(10-27-18(15)21)11-5-2-1-3-6-11/h1-8,15,18H,9-10H2,(H,20,22)(H,24,25)/t15-,18-/m1/s1. The fraction of sp³-hybridized carbons (Fsp3) is 0.211. The molecular formula is C19H16N2O4S2. The van der Waals surface area contributed by atoms with Crippen molar-refractivity contribution in [3.63, 3.8) is 0 Å². The molecule has 0 unspecified atom stereocenters. The molecule has 0 saturated carbocycles. The molecule has 0 aliphatic carbocycles. The van der Waals surface area contributed by atoms with Gasteiger partial charge in [0.15, 0.2) is 0 Å². The number of thioether (sulfide) groups is 1. The van der Waals surface area contributed by atoms with Crippen LogP contribution in [0.1, 0.15) is 10.4 Å². The highest BCUT2D eigenvalue weighted by atomic mass is 32.2. The molecule has 138 valence electrons. The second-order valence-electron chi connectivity index (χ2n) is 6.21. The lowest BCUT2D eigenvalue weighted by atomic mass is 9.99. The lowest BCUT2D eigenvalue weighted by molar-refractivity contribution is -0.150. The molecule has 1 fully saturated rings. The van der Waals surface area contributed by atoms with Crippen LogP contribution in [0.5, 0.6) is 0 Å². The molecule has 0 spiro atoms. The number of hydrogen-bond donors (Lipinski definition) is 2. The highest BCUT2D eigenvalue weighted by molar-refractivity contribution is 8.00. The van der Waals surface area contributed by atoms with Gasteiger partial charge in [0.2, 0.25) is 5.91 Å². The number of nitrogens with one attached hydrogen (secondary N) is 1. The number of aliphatic carboxylic acids is 1. The van der Waals surface area contributed by atoms with Gasteiger partial charge in [0, 0.05) is 16.2 Å². The first kappa shape index (κ1) is 17.8. The third-order valence-corrected chi connectivity index (χ3v) is 6.68. The molecular weight excluding hydrogens is 384 g/mol. The van der Waals surface area contributed by atoms with Crippen LogP contribution >= 0.6 is 23.1 Å². The van der Waals surface area contributed by atoms with Gasteiger partial charge in [-0.05, 0) is 17.0 Å². The molecule has 1 aromatic carbocycles. The van der Waals surface area contributed by atoms with Crippen LogP contribution in [0.4, 0.5) is 0 Å². The van der Waals surface area contributed by atoms with Gasteiger partial charge in [-0.1, -0.05) is 36.4 Å². The number of carboxylic acids is 1. The lowest BCUT2D eigenvalue weighted by Gasteiger charge is -2.49. The van der Waals surface area contributed by atoms with Gasteiger partial charge in [0.25, 0.3) is 5.91 Å². The molecule has 2 aliphatic heterocycles. The van der Waals surface area contributed by atoms with E-state index in [4.69, 9.17) is 0 Å². The van der Waals surface area contributed by atoms with Gasteiger partial charge < -0.3 is 10.4 Å². The van der Waals surface area contributed by atoms with Crippen LogP contribution in [0.15, 0.2) is 53.5 Å². The van der Waals surface area contributed by atoms with Gasteiger partial charge in [-0.25, -0.2) is 4.79 Å². The maximum absolute atomic E-state index is 12.6. The third kappa shape index (κ3) is 3.26. The highest BCUT2D eigenvalue weighted by Crippen LogP contribution is 2.43. The maximum Gasteiger partial charge on any atom is 0.352 e. The van der Waals surface area contributed by atoms with E-state index in [1.807, 2.05) is 47.8 Å². The van der Waals surface area contributed by atoms with E-state index >= 15 is 0 Å². The molecule has 4 rings (SSSR count). The van der Waals surface area contributed by atoms with E-state index in [1.165, 1.54) is 28.0 Å². The zero-order valence-corrected chi connectivity index (χ0v) is 15.8. The molecule has 8 heteroatoms. The molecule has 6 nitrogen and oxygen atoms in total. The first-order chi connectivity index (χ1) is 13.1. The zero-order valence-electron chi connectivity index (χ0n) is 14.1. The lowest BCUT2D eigenvalue weighted by Crippen LogP contribution is -2.70. The van der Waals surface area contributed by atoms with Gasteiger partial charge in [-0.3, -0.25) is 14.5 Å². The Morgan fingerprint density at radius 2 is 1.96 bits per heavy atom. The molecule has 2 N–H and O–H groups in total. The topological polar surface area (TPSA) is 86.7 Å². The van der Waals surface area contributed by atoms with Gasteiger partial charge in [-0.15, -0.1) is 23.1 Å². The summed E-state index contributed by atoms with van der Waals surface area (Å²) < 4.78 is 0. The number of rotatable bonds is 5. The van der Waals surface area contributed by atoms with Crippen LogP contribution in [0.2, 0.25) is 0 Å². The van der Waals surface area contributed by atoms with Crippen molar-refractivity contribution in [1.82, 2.24) is 10.2 Å². The summed E-state index contributed by atoms with van der Waals surface area (Å²) in [6.45, 7) is 0. The van der Waals surface area contributed by atoms with Crippen LogP contribution < -0.4 is 5.32 Å². The van der Waals surface area contributed by atoms with Gasteiger partial charge in [0.05, 0.1) is 6.42 Å². The van der Waals surface area contributed by atoms with E-state index in [9.17, 15) is 19.5 Å². The largest absolute Gasteiger partial charge is 0.477 e. The van der Waals surface area contributed by atoms with Crippen molar-refractivity contribution in [2.24, 2.45) is 0 Å². The monoisotopic (exact) mass is 400 g/mol. The molecule has 2 amide bonds. The number of nitrogens with zero attached hydrogens (tertiary/aromatic N) is 1. The van der Waals surface area contributed by atoms with E-state index in [1.54, 1.807) is 0 Å². The average molecular weight is 400 g/mol. The number of amides is 2. The normalized spacial score (nSPS) is 21.5. The maximum atomic E-state index is 12.6. The molecule has 27 heavy (non-hydrogen) atoms. The Bertz CT molecular complexity index is 924. The van der Waals surface area contributed by atoms with E-state index in [0.717, 1.165) is 10.4 Å². The van der Waals surface area contributed by atoms with E-state index in [2.05, 4.69) is 5.32 Å². The van der Waals surface area contributed by atoms with Crippen LogP contribution in [0.25, 0.3) is 5.57 Å².